The number of alkyl halides is 1. The van der Waals surface area contributed by atoms with Gasteiger partial charge < -0.3 is 20.2 Å². The number of nitrogens with one attached hydrogen (secondary N) is 1. The molecule has 1 heterocycles. The van der Waals surface area contributed by atoms with Crippen LogP contribution in [0.3, 0.4) is 0 Å². The Kier molecular flexibility index (Phi) is 4.17. The molecule has 0 saturated heterocycles. The van der Waals surface area contributed by atoms with E-state index in [1.165, 1.54) is 0 Å². The average Bonchev–Trinajstić information content (AvgIpc) is 2.60. The Morgan fingerprint density at radius 1 is 1.73 bits per heavy atom. The zero-order chi connectivity index (χ0) is 11.3. The molecule has 0 fully saturated rings. The van der Waals surface area contributed by atoms with E-state index in [1.807, 2.05) is 0 Å². The summed E-state index contributed by atoms with van der Waals surface area (Å²) in [6.45, 7) is 2.18. The summed E-state index contributed by atoms with van der Waals surface area (Å²) in [5.41, 5.74) is 4.76. The first-order valence-electron chi connectivity index (χ1n) is 4.23. The zero-order valence-electron chi connectivity index (χ0n) is 8.07. The lowest BCUT2D eigenvalue weighted by Gasteiger charge is -2.00. The van der Waals surface area contributed by atoms with Crippen LogP contribution in [0.15, 0.2) is 4.42 Å². The molecule has 7 nitrogen and oxygen atoms in total. The summed E-state index contributed by atoms with van der Waals surface area (Å²) in [6, 6.07) is 0.227. The van der Waals surface area contributed by atoms with Gasteiger partial charge in [-0.2, -0.15) is 0 Å². The molecule has 0 bridgehead atoms. The Balaban J connectivity index is 2.28. The second-order valence-electron chi connectivity index (χ2n) is 2.66. The Hall–Kier alpha value is -1.50. The van der Waals surface area contributed by atoms with E-state index in [4.69, 9.17) is 21.8 Å². The highest BCUT2D eigenvalue weighted by atomic mass is 35.5. The first-order chi connectivity index (χ1) is 7.09. The van der Waals surface area contributed by atoms with Crippen molar-refractivity contribution in [2.75, 3.05) is 18.5 Å². The van der Waals surface area contributed by atoms with Crippen molar-refractivity contribution in [1.82, 2.24) is 10.2 Å². The molecule has 1 amide bonds. The summed E-state index contributed by atoms with van der Waals surface area (Å²) >= 11 is 5.71. The Morgan fingerprint density at radius 3 is 3.00 bits per heavy atom. The van der Waals surface area contributed by atoms with E-state index in [9.17, 15) is 4.79 Å². The fourth-order valence-electron chi connectivity index (χ4n) is 0.776. The monoisotopic (exact) mass is 234 g/mol. The van der Waals surface area contributed by atoms with Gasteiger partial charge in [-0.3, -0.25) is 0 Å². The molecule has 1 atom stereocenters. The van der Waals surface area contributed by atoms with Crippen LogP contribution in [0.25, 0.3) is 0 Å². The Morgan fingerprint density at radius 2 is 2.47 bits per heavy atom. The number of aromatic nitrogens is 2. The van der Waals surface area contributed by atoms with Crippen LogP contribution in [-0.4, -0.2) is 29.4 Å². The highest BCUT2D eigenvalue weighted by Crippen LogP contribution is 2.18. The fourth-order valence-corrected chi connectivity index (χ4v) is 0.865. The van der Waals surface area contributed by atoms with Crippen molar-refractivity contribution < 1.29 is 13.9 Å². The smallest absolute Gasteiger partial charge is 0.404 e. The number of nitrogens with two attached hydrogens (primary N) is 1. The maximum Gasteiger partial charge on any atom is 0.404 e. The van der Waals surface area contributed by atoms with E-state index < -0.39 is 6.09 Å². The average molecular weight is 235 g/mol. The third-order valence-electron chi connectivity index (χ3n) is 1.40. The van der Waals surface area contributed by atoms with Gasteiger partial charge >= 0.3 is 12.1 Å². The lowest BCUT2D eigenvalue weighted by molar-refractivity contribution is 0.161. The van der Waals surface area contributed by atoms with Crippen molar-refractivity contribution in [3.63, 3.8) is 0 Å². The molecule has 8 heteroatoms. The maximum atomic E-state index is 10.2. The number of anilines is 1. The van der Waals surface area contributed by atoms with Gasteiger partial charge in [-0.25, -0.2) is 4.79 Å². The van der Waals surface area contributed by atoms with Gasteiger partial charge in [0.15, 0.2) is 0 Å². The second kappa shape index (κ2) is 5.40. The van der Waals surface area contributed by atoms with Gasteiger partial charge in [0, 0.05) is 0 Å². The summed E-state index contributed by atoms with van der Waals surface area (Å²) in [4.78, 5) is 10.2. The highest BCUT2D eigenvalue weighted by molar-refractivity contribution is 6.20. The number of carbonyl (C=O) groups excluding carboxylic acids is 1. The lowest BCUT2D eigenvalue weighted by Crippen LogP contribution is -2.18. The number of rotatable bonds is 5. The van der Waals surface area contributed by atoms with Crippen molar-refractivity contribution in [3.8, 4) is 0 Å². The van der Waals surface area contributed by atoms with Gasteiger partial charge in [0.1, 0.15) is 12.0 Å². The van der Waals surface area contributed by atoms with Gasteiger partial charge in [0.05, 0.1) is 6.54 Å². The molecule has 0 spiro atoms. The van der Waals surface area contributed by atoms with Crippen molar-refractivity contribution in [2.24, 2.45) is 5.73 Å². The minimum absolute atomic E-state index is 0.128. The molecule has 0 saturated carbocycles. The SMILES string of the molecule is CC(Cl)c1nnc(NCCOC(N)=O)o1. The third-order valence-corrected chi connectivity index (χ3v) is 1.59. The summed E-state index contributed by atoms with van der Waals surface area (Å²) in [7, 11) is 0. The van der Waals surface area contributed by atoms with Crippen LogP contribution >= 0.6 is 11.6 Å². The minimum atomic E-state index is -0.822. The standard InChI is InChI=1S/C7H11ClN4O3/c1-4(8)5-11-12-7(15-5)10-2-3-14-6(9)13/h4H,2-3H2,1H3,(H2,9,13)(H,10,12). The molecular formula is C7H11ClN4O3. The first kappa shape index (κ1) is 11.6. The van der Waals surface area contributed by atoms with Gasteiger partial charge in [-0.15, -0.1) is 16.7 Å². The maximum absolute atomic E-state index is 10.2. The molecule has 1 aromatic rings. The third kappa shape index (κ3) is 4.03. The number of nitrogens with zero attached hydrogens (tertiary/aromatic N) is 2. The molecule has 0 aromatic carbocycles. The van der Waals surface area contributed by atoms with Crippen molar-refractivity contribution in [2.45, 2.75) is 12.3 Å². The van der Waals surface area contributed by atoms with E-state index in [0.29, 0.717) is 12.4 Å². The number of primary amides is 1. The van der Waals surface area contributed by atoms with Crippen LogP contribution in [0.2, 0.25) is 0 Å². The second-order valence-corrected chi connectivity index (χ2v) is 3.31. The summed E-state index contributed by atoms with van der Waals surface area (Å²) in [5, 5.41) is 9.76. The van der Waals surface area contributed by atoms with Crippen LogP contribution in [0.1, 0.15) is 18.2 Å². The number of hydrogen-bond acceptors (Lipinski definition) is 6. The van der Waals surface area contributed by atoms with E-state index >= 15 is 0 Å². The van der Waals surface area contributed by atoms with E-state index in [2.05, 4.69) is 20.3 Å². The van der Waals surface area contributed by atoms with Gasteiger partial charge in [-0.1, -0.05) is 5.10 Å². The molecule has 1 aromatic heterocycles. The van der Waals surface area contributed by atoms with Crippen molar-refractivity contribution in [3.05, 3.63) is 5.89 Å². The molecule has 15 heavy (non-hydrogen) atoms. The van der Waals surface area contributed by atoms with Crippen LogP contribution in [-0.2, 0) is 4.74 Å². The van der Waals surface area contributed by atoms with Crippen molar-refractivity contribution >= 4 is 23.7 Å². The highest BCUT2D eigenvalue weighted by Gasteiger charge is 2.10. The Bertz CT molecular complexity index is 328. The van der Waals surface area contributed by atoms with Gasteiger partial charge in [-0.05, 0) is 6.92 Å². The predicted octanol–water partition coefficient (Wildman–Crippen LogP) is 0.877. The lowest BCUT2D eigenvalue weighted by atomic mass is 10.5. The molecule has 0 aliphatic rings. The quantitative estimate of drug-likeness (QED) is 0.579. The van der Waals surface area contributed by atoms with Crippen LogP contribution in [0.4, 0.5) is 10.8 Å². The molecule has 0 radical (unpaired) electrons. The number of carbonyl (C=O) groups is 1. The predicted molar refractivity (Wildman–Crippen MR) is 52.6 cm³/mol. The Labute approximate surface area is 90.9 Å². The largest absolute Gasteiger partial charge is 0.448 e. The fraction of sp³-hybridized carbons (Fsp3) is 0.571. The van der Waals surface area contributed by atoms with Crippen LogP contribution < -0.4 is 11.1 Å². The number of halogens is 1. The molecule has 3 N–H and O–H groups in total. The van der Waals surface area contributed by atoms with Crippen molar-refractivity contribution in [1.29, 1.82) is 0 Å². The molecule has 1 rings (SSSR count). The number of hydrogen-bond donors (Lipinski definition) is 2. The summed E-state index contributed by atoms with van der Waals surface area (Å²) < 4.78 is 9.59. The minimum Gasteiger partial charge on any atom is -0.448 e. The molecule has 0 aliphatic heterocycles. The zero-order valence-corrected chi connectivity index (χ0v) is 8.82. The van der Waals surface area contributed by atoms with E-state index in [0.717, 1.165) is 0 Å². The van der Waals surface area contributed by atoms with Gasteiger partial charge in [0.2, 0.25) is 5.89 Å². The first-order valence-corrected chi connectivity index (χ1v) is 4.67. The summed E-state index contributed by atoms with van der Waals surface area (Å²) in [6.07, 6.45) is -0.822. The molecule has 0 aliphatic carbocycles. The van der Waals surface area contributed by atoms with Crippen LogP contribution in [0.5, 0.6) is 0 Å². The van der Waals surface area contributed by atoms with Gasteiger partial charge in [0.25, 0.3) is 0 Å². The molecule has 84 valence electrons. The summed E-state index contributed by atoms with van der Waals surface area (Å²) in [5.74, 6) is 0.329. The topological polar surface area (TPSA) is 103 Å². The van der Waals surface area contributed by atoms with Crippen LogP contribution in [0, 0.1) is 0 Å². The van der Waals surface area contributed by atoms with E-state index in [-0.39, 0.29) is 18.0 Å². The molecule has 1 unspecified atom stereocenters. The molecular weight excluding hydrogens is 224 g/mol. The number of amides is 1. The van der Waals surface area contributed by atoms with E-state index in [1.54, 1.807) is 6.92 Å². The number of ether oxygens (including phenoxy) is 1. The normalized spacial score (nSPS) is 12.1.